The number of nitrogens with two attached hydrogens (primary N) is 1. The maximum atomic E-state index is 11.5. The van der Waals surface area contributed by atoms with E-state index in [1.165, 1.54) is 0 Å². The van der Waals surface area contributed by atoms with Crippen LogP contribution in [0, 0.1) is 0 Å². The molecule has 0 aliphatic carbocycles. The summed E-state index contributed by atoms with van der Waals surface area (Å²) < 4.78 is 5.85. The lowest BCUT2D eigenvalue weighted by Gasteiger charge is -2.23. The van der Waals surface area contributed by atoms with Gasteiger partial charge in [0.15, 0.2) is 0 Å². The number of fused-ring (bicyclic) bond motifs is 1. The van der Waals surface area contributed by atoms with Crippen molar-refractivity contribution in [3.05, 3.63) is 28.8 Å². The van der Waals surface area contributed by atoms with Gasteiger partial charge in [0.2, 0.25) is 5.91 Å². The molecular formula is C15H22ClNO2. The molecule has 0 saturated carbocycles. The van der Waals surface area contributed by atoms with E-state index in [9.17, 15) is 4.79 Å². The molecule has 106 valence electrons. The predicted molar refractivity (Wildman–Crippen MR) is 79.4 cm³/mol. The fourth-order valence-corrected chi connectivity index (χ4v) is 2.32. The summed E-state index contributed by atoms with van der Waals surface area (Å²) in [6, 6.07) is 3.74. The van der Waals surface area contributed by atoms with Crippen molar-refractivity contribution in [3.63, 3.8) is 0 Å². The topological polar surface area (TPSA) is 52.3 Å². The Morgan fingerprint density at radius 2 is 1.89 bits per heavy atom. The third-order valence-electron chi connectivity index (χ3n) is 3.49. The summed E-state index contributed by atoms with van der Waals surface area (Å²) in [6.45, 7) is 11.2. The largest absolute Gasteiger partial charge is 0.492 e. The lowest BCUT2D eigenvalue weighted by Crippen LogP contribution is -2.20. The summed E-state index contributed by atoms with van der Waals surface area (Å²) in [7, 11) is 0. The van der Waals surface area contributed by atoms with Gasteiger partial charge in [-0.25, -0.2) is 0 Å². The molecule has 3 nitrogen and oxygen atoms in total. The van der Waals surface area contributed by atoms with E-state index in [1.54, 1.807) is 0 Å². The normalized spacial score (nSPS) is 16.3. The van der Waals surface area contributed by atoms with E-state index in [2.05, 4.69) is 34.6 Å². The fraction of sp³-hybridized carbons (Fsp3) is 0.533. The molecule has 1 amide bonds. The Morgan fingerprint density at radius 1 is 1.32 bits per heavy atom. The van der Waals surface area contributed by atoms with Crippen molar-refractivity contribution >= 4 is 18.3 Å². The van der Waals surface area contributed by atoms with Crippen LogP contribution in [0.3, 0.4) is 0 Å². The van der Waals surface area contributed by atoms with Crippen LogP contribution >= 0.6 is 12.4 Å². The molecule has 1 aliphatic heterocycles. The first kappa shape index (κ1) is 15.8. The third-order valence-corrected chi connectivity index (χ3v) is 3.49. The van der Waals surface area contributed by atoms with Crippen molar-refractivity contribution in [2.24, 2.45) is 5.73 Å². The second kappa shape index (κ2) is 4.71. The Hall–Kier alpha value is -1.22. The number of halogens is 1. The van der Waals surface area contributed by atoms with Crippen molar-refractivity contribution in [1.82, 2.24) is 0 Å². The highest BCUT2D eigenvalue weighted by Gasteiger charge is 2.36. The van der Waals surface area contributed by atoms with Crippen molar-refractivity contribution in [1.29, 1.82) is 0 Å². The minimum Gasteiger partial charge on any atom is -0.492 e. The lowest BCUT2D eigenvalue weighted by molar-refractivity contribution is 0.1000. The van der Waals surface area contributed by atoms with Crippen LogP contribution in [0.5, 0.6) is 5.75 Å². The molecule has 0 unspecified atom stereocenters. The van der Waals surface area contributed by atoms with E-state index in [0.29, 0.717) is 12.2 Å². The molecule has 1 heterocycles. The van der Waals surface area contributed by atoms with Gasteiger partial charge in [-0.3, -0.25) is 4.79 Å². The highest BCUT2D eigenvalue weighted by molar-refractivity contribution is 5.93. The van der Waals surface area contributed by atoms with E-state index < -0.39 is 0 Å². The van der Waals surface area contributed by atoms with Gasteiger partial charge in [0.25, 0.3) is 0 Å². The lowest BCUT2D eigenvalue weighted by atomic mass is 9.79. The average molecular weight is 284 g/mol. The third kappa shape index (κ3) is 2.71. The SMILES string of the molecule is CC(C)(C)c1cc(C(N)=O)cc2c1OCC2(C)C.Cl. The summed E-state index contributed by atoms with van der Waals surface area (Å²) in [5.41, 5.74) is 8.00. The number of carbonyl (C=O) groups excluding carboxylic acids is 1. The molecule has 0 atom stereocenters. The van der Waals surface area contributed by atoms with Gasteiger partial charge in [0, 0.05) is 22.1 Å². The monoisotopic (exact) mass is 283 g/mol. The Kier molecular flexibility index (Phi) is 3.93. The van der Waals surface area contributed by atoms with Crippen molar-refractivity contribution in [2.75, 3.05) is 6.61 Å². The molecule has 1 aromatic rings. The summed E-state index contributed by atoms with van der Waals surface area (Å²) in [5.74, 6) is 0.545. The molecule has 2 N–H and O–H groups in total. The van der Waals surface area contributed by atoms with Gasteiger partial charge in [-0.1, -0.05) is 34.6 Å². The molecular weight excluding hydrogens is 262 g/mol. The second-order valence-corrected chi connectivity index (χ2v) is 6.69. The maximum absolute atomic E-state index is 11.5. The molecule has 0 aromatic heterocycles. The smallest absolute Gasteiger partial charge is 0.248 e. The number of benzene rings is 1. The zero-order chi connectivity index (χ0) is 13.7. The minimum atomic E-state index is -0.383. The Morgan fingerprint density at radius 3 is 2.37 bits per heavy atom. The van der Waals surface area contributed by atoms with Gasteiger partial charge in [-0.05, 0) is 17.5 Å². The Balaban J connectivity index is 0.00000180. The van der Waals surface area contributed by atoms with E-state index in [1.807, 2.05) is 12.1 Å². The van der Waals surface area contributed by atoms with Crippen LogP contribution in [0.2, 0.25) is 0 Å². The Bertz CT molecular complexity index is 516. The number of hydrogen-bond donors (Lipinski definition) is 1. The quantitative estimate of drug-likeness (QED) is 0.861. The van der Waals surface area contributed by atoms with Crippen LogP contribution in [0.4, 0.5) is 0 Å². The molecule has 0 spiro atoms. The zero-order valence-corrected chi connectivity index (χ0v) is 13.0. The number of hydrogen-bond acceptors (Lipinski definition) is 2. The Labute approximate surface area is 120 Å². The van der Waals surface area contributed by atoms with Crippen LogP contribution in [-0.4, -0.2) is 12.5 Å². The molecule has 4 heteroatoms. The number of carbonyl (C=O) groups is 1. The highest BCUT2D eigenvalue weighted by atomic mass is 35.5. The van der Waals surface area contributed by atoms with Crippen LogP contribution in [0.25, 0.3) is 0 Å². The number of rotatable bonds is 1. The maximum Gasteiger partial charge on any atom is 0.248 e. The summed E-state index contributed by atoms with van der Waals surface area (Å²) >= 11 is 0. The van der Waals surface area contributed by atoms with Crippen LogP contribution < -0.4 is 10.5 Å². The van der Waals surface area contributed by atoms with Gasteiger partial charge in [0.1, 0.15) is 5.75 Å². The van der Waals surface area contributed by atoms with Gasteiger partial charge < -0.3 is 10.5 Å². The molecule has 1 aromatic carbocycles. The number of amides is 1. The van der Waals surface area contributed by atoms with Crippen LogP contribution in [0.1, 0.15) is 56.1 Å². The van der Waals surface area contributed by atoms with E-state index in [4.69, 9.17) is 10.5 Å². The molecule has 1 aliphatic rings. The molecule has 19 heavy (non-hydrogen) atoms. The summed E-state index contributed by atoms with van der Waals surface area (Å²) in [4.78, 5) is 11.5. The molecule has 0 fully saturated rings. The standard InChI is InChI=1S/C15H21NO2.ClH/c1-14(2,3)10-6-9(13(16)17)7-11-12(10)18-8-15(11,4)5;/h6-7H,8H2,1-5H3,(H2,16,17);1H. The predicted octanol–water partition coefficient (Wildman–Crippen LogP) is 3.17. The van der Waals surface area contributed by atoms with Gasteiger partial charge in [-0.2, -0.15) is 0 Å². The van der Waals surface area contributed by atoms with Crippen molar-refractivity contribution in [2.45, 2.75) is 45.4 Å². The molecule has 0 bridgehead atoms. The van der Waals surface area contributed by atoms with Gasteiger partial charge >= 0.3 is 0 Å². The first-order chi connectivity index (χ1) is 8.13. The first-order valence-electron chi connectivity index (χ1n) is 6.24. The number of primary amides is 1. The van der Waals surface area contributed by atoms with Crippen LogP contribution in [-0.2, 0) is 10.8 Å². The van der Waals surface area contributed by atoms with E-state index in [0.717, 1.165) is 16.9 Å². The van der Waals surface area contributed by atoms with Gasteiger partial charge in [0.05, 0.1) is 6.61 Å². The van der Waals surface area contributed by atoms with E-state index >= 15 is 0 Å². The first-order valence-corrected chi connectivity index (χ1v) is 6.24. The van der Waals surface area contributed by atoms with Crippen molar-refractivity contribution < 1.29 is 9.53 Å². The van der Waals surface area contributed by atoms with Gasteiger partial charge in [-0.15, -0.1) is 12.4 Å². The average Bonchev–Trinajstić information content (AvgIpc) is 2.52. The second-order valence-electron chi connectivity index (χ2n) is 6.69. The highest BCUT2D eigenvalue weighted by Crippen LogP contribution is 2.45. The molecule has 0 radical (unpaired) electrons. The summed E-state index contributed by atoms with van der Waals surface area (Å²) in [6.07, 6.45) is 0. The fourth-order valence-electron chi connectivity index (χ4n) is 2.32. The zero-order valence-electron chi connectivity index (χ0n) is 12.2. The minimum absolute atomic E-state index is 0. The van der Waals surface area contributed by atoms with Crippen LogP contribution in [0.15, 0.2) is 12.1 Å². The summed E-state index contributed by atoms with van der Waals surface area (Å²) in [5, 5.41) is 0. The van der Waals surface area contributed by atoms with E-state index in [-0.39, 0.29) is 29.1 Å². The molecule has 0 saturated heterocycles. The number of ether oxygens (including phenoxy) is 1. The molecule has 2 rings (SSSR count). The van der Waals surface area contributed by atoms with Crippen molar-refractivity contribution in [3.8, 4) is 5.75 Å².